The molecule has 0 aromatic heterocycles. The summed E-state index contributed by atoms with van der Waals surface area (Å²) in [5, 5.41) is 15.5. The largest absolute Gasteiger partial charge is 0.493 e. The van der Waals surface area contributed by atoms with Crippen molar-refractivity contribution >= 4 is 11.6 Å². The molecule has 0 saturated carbocycles. The lowest BCUT2D eigenvalue weighted by molar-refractivity contribution is 0.196. The molecule has 0 unspecified atom stereocenters. The molecule has 3 rings (SSSR count). The highest BCUT2D eigenvalue weighted by molar-refractivity contribution is 5.93. The monoisotopic (exact) mass is 415 g/mol. The zero-order valence-electron chi connectivity index (χ0n) is 17.4. The van der Waals surface area contributed by atoms with Gasteiger partial charge in [0.2, 0.25) is 0 Å². The molecule has 8 nitrogen and oxygen atoms in total. The first-order chi connectivity index (χ1) is 14.7. The Hall–Kier alpha value is -3.13. The van der Waals surface area contributed by atoms with Gasteiger partial charge in [-0.25, -0.2) is 4.99 Å². The Morgan fingerprint density at radius 2 is 1.93 bits per heavy atom. The number of hydrogen-bond donors (Lipinski definition) is 3. The summed E-state index contributed by atoms with van der Waals surface area (Å²) in [6.45, 7) is 4.68. The number of ether oxygens (including phenoxy) is 4. The number of rotatable bonds is 8. The highest BCUT2D eigenvalue weighted by Gasteiger charge is 2.11. The lowest BCUT2D eigenvalue weighted by Crippen LogP contribution is -2.30. The SMILES string of the molecule is CCNC(=NCc1ccc(OCCO)c(OC)c1)Nc1ccc2c(c1)OCCCO2. The molecule has 0 aliphatic carbocycles. The Morgan fingerprint density at radius 3 is 2.70 bits per heavy atom. The van der Waals surface area contributed by atoms with Gasteiger partial charge in [-0.15, -0.1) is 0 Å². The lowest BCUT2D eigenvalue weighted by atomic mass is 10.2. The van der Waals surface area contributed by atoms with Crippen molar-refractivity contribution < 1.29 is 24.1 Å². The molecule has 162 valence electrons. The van der Waals surface area contributed by atoms with Crippen LogP contribution in [0.25, 0.3) is 0 Å². The third-order valence-electron chi connectivity index (χ3n) is 4.35. The fraction of sp³-hybridized carbons (Fsp3) is 0.409. The van der Waals surface area contributed by atoms with Gasteiger partial charge in [-0.3, -0.25) is 0 Å². The number of fused-ring (bicyclic) bond motifs is 1. The van der Waals surface area contributed by atoms with Gasteiger partial charge in [0.15, 0.2) is 29.0 Å². The number of nitrogens with zero attached hydrogens (tertiary/aromatic N) is 1. The minimum atomic E-state index is -0.0488. The van der Waals surface area contributed by atoms with Crippen LogP contribution in [-0.2, 0) is 6.54 Å². The smallest absolute Gasteiger partial charge is 0.196 e. The summed E-state index contributed by atoms with van der Waals surface area (Å²) in [5.74, 6) is 3.35. The zero-order chi connectivity index (χ0) is 21.2. The first kappa shape index (κ1) is 21.6. The van der Waals surface area contributed by atoms with Gasteiger partial charge in [0.1, 0.15) is 6.61 Å². The van der Waals surface area contributed by atoms with Gasteiger partial charge in [-0.1, -0.05) is 6.07 Å². The fourth-order valence-electron chi connectivity index (χ4n) is 2.94. The normalized spacial score (nSPS) is 13.4. The van der Waals surface area contributed by atoms with E-state index in [2.05, 4.69) is 15.6 Å². The summed E-state index contributed by atoms with van der Waals surface area (Å²) in [4.78, 5) is 4.66. The van der Waals surface area contributed by atoms with E-state index in [1.165, 1.54) is 0 Å². The van der Waals surface area contributed by atoms with Crippen molar-refractivity contribution in [1.29, 1.82) is 0 Å². The average molecular weight is 415 g/mol. The number of benzene rings is 2. The van der Waals surface area contributed by atoms with Gasteiger partial charge >= 0.3 is 0 Å². The third-order valence-corrected chi connectivity index (χ3v) is 4.35. The van der Waals surface area contributed by atoms with Crippen LogP contribution < -0.4 is 29.6 Å². The molecule has 1 heterocycles. The van der Waals surface area contributed by atoms with Crippen LogP contribution in [0.2, 0.25) is 0 Å². The maximum atomic E-state index is 8.93. The number of aliphatic hydroxyl groups is 1. The highest BCUT2D eigenvalue weighted by atomic mass is 16.5. The fourth-order valence-corrected chi connectivity index (χ4v) is 2.94. The summed E-state index contributed by atoms with van der Waals surface area (Å²) in [7, 11) is 1.59. The molecule has 0 amide bonds. The predicted molar refractivity (Wildman–Crippen MR) is 116 cm³/mol. The van der Waals surface area contributed by atoms with Crippen molar-refractivity contribution in [3.63, 3.8) is 0 Å². The first-order valence-electron chi connectivity index (χ1n) is 10.1. The number of hydrogen-bond acceptors (Lipinski definition) is 6. The molecule has 0 spiro atoms. The zero-order valence-corrected chi connectivity index (χ0v) is 17.4. The van der Waals surface area contributed by atoms with E-state index in [0.29, 0.717) is 37.2 Å². The Kier molecular flexibility index (Phi) is 8.02. The van der Waals surface area contributed by atoms with Crippen LogP contribution in [0.5, 0.6) is 23.0 Å². The standard InChI is InChI=1S/C22H29N3O5/c1-3-23-22(25-17-6-8-19-21(14-17)29-11-4-10-28-19)24-15-16-5-7-18(30-12-9-26)20(13-16)27-2/h5-8,13-14,26H,3-4,9-12,15H2,1-2H3,(H2,23,24,25). The van der Waals surface area contributed by atoms with Crippen LogP contribution in [0.15, 0.2) is 41.4 Å². The second kappa shape index (κ2) is 11.2. The number of aliphatic imine (C=N–C) groups is 1. The summed E-state index contributed by atoms with van der Waals surface area (Å²) in [6.07, 6.45) is 0.870. The van der Waals surface area contributed by atoms with E-state index in [0.717, 1.165) is 35.7 Å². The highest BCUT2D eigenvalue weighted by Crippen LogP contribution is 2.32. The number of anilines is 1. The molecule has 0 atom stereocenters. The quantitative estimate of drug-likeness (QED) is 0.451. The minimum absolute atomic E-state index is 0.0488. The van der Waals surface area contributed by atoms with Crippen LogP contribution in [0.4, 0.5) is 5.69 Å². The Bertz CT molecular complexity index is 857. The molecule has 3 N–H and O–H groups in total. The molecular weight excluding hydrogens is 386 g/mol. The molecule has 1 aliphatic heterocycles. The second-order valence-corrected chi connectivity index (χ2v) is 6.59. The van der Waals surface area contributed by atoms with Crippen molar-refractivity contribution in [2.45, 2.75) is 19.9 Å². The van der Waals surface area contributed by atoms with Gasteiger partial charge in [-0.05, 0) is 36.8 Å². The van der Waals surface area contributed by atoms with E-state index in [4.69, 9.17) is 24.1 Å². The van der Waals surface area contributed by atoms with E-state index >= 15 is 0 Å². The molecule has 0 radical (unpaired) electrons. The van der Waals surface area contributed by atoms with Crippen molar-refractivity contribution in [3.8, 4) is 23.0 Å². The molecular formula is C22H29N3O5. The Balaban J connectivity index is 1.71. The Labute approximate surface area is 176 Å². The van der Waals surface area contributed by atoms with Crippen LogP contribution >= 0.6 is 0 Å². The number of aliphatic hydroxyl groups excluding tert-OH is 1. The summed E-state index contributed by atoms with van der Waals surface area (Å²) >= 11 is 0. The number of nitrogens with one attached hydrogen (secondary N) is 2. The van der Waals surface area contributed by atoms with Crippen LogP contribution in [0.3, 0.4) is 0 Å². The van der Waals surface area contributed by atoms with Gasteiger partial charge in [-0.2, -0.15) is 0 Å². The first-order valence-corrected chi connectivity index (χ1v) is 10.1. The van der Waals surface area contributed by atoms with Gasteiger partial charge in [0.25, 0.3) is 0 Å². The Morgan fingerprint density at radius 1 is 1.10 bits per heavy atom. The third kappa shape index (κ3) is 5.93. The van der Waals surface area contributed by atoms with Crippen molar-refractivity contribution in [3.05, 3.63) is 42.0 Å². The maximum Gasteiger partial charge on any atom is 0.196 e. The summed E-state index contributed by atoms with van der Waals surface area (Å²) in [6, 6.07) is 11.4. The molecule has 2 aromatic rings. The molecule has 0 fully saturated rings. The van der Waals surface area contributed by atoms with E-state index in [9.17, 15) is 0 Å². The maximum absolute atomic E-state index is 8.93. The van der Waals surface area contributed by atoms with Gasteiger partial charge in [0.05, 0.1) is 33.5 Å². The summed E-state index contributed by atoms with van der Waals surface area (Å²) in [5.41, 5.74) is 1.84. The molecule has 30 heavy (non-hydrogen) atoms. The van der Waals surface area contributed by atoms with Gasteiger partial charge in [0, 0.05) is 24.7 Å². The molecule has 8 heteroatoms. The van der Waals surface area contributed by atoms with E-state index in [1.807, 2.05) is 43.3 Å². The van der Waals surface area contributed by atoms with Crippen molar-refractivity contribution in [2.75, 3.05) is 45.4 Å². The van der Waals surface area contributed by atoms with Crippen LogP contribution in [0.1, 0.15) is 18.9 Å². The summed E-state index contributed by atoms with van der Waals surface area (Å²) < 4.78 is 22.3. The number of methoxy groups -OCH3 is 1. The second-order valence-electron chi connectivity index (χ2n) is 6.59. The number of guanidine groups is 1. The van der Waals surface area contributed by atoms with E-state index in [1.54, 1.807) is 7.11 Å². The predicted octanol–water partition coefficient (Wildman–Crippen LogP) is 2.81. The average Bonchev–Trinajstić information content (AvgIpc) is 3.01. The molecule has 1 aliphatic rings. The molecule has 2 aromatic carbocycles. The van der Waals surface area contributed by atoms with Gasteiger partial charge < -0.3 is 34.7 Å². The molecule has 0 bridgehead atoms. The van der Waals surface area contributed by atoms with E-state index < -0.39 is 0 Å². The van der Waals surface area contributed by atoms with Crippen LogP contribution in [-0.4, -0.2) is 51.1 Å². The van der Waals surface area contributed by atoms with Crippen molar-refractivity contribution in [1.82, 2.24) is 5.32 Å². The lowest BCUT2D eigenvalue weighted by Gasteiger charge is -2.14. The van der Waals surface area contributed by atoms with Crippen molar-refractivity contribution in [2.24, 2.45) is 4.99 Å². The molecule has 0 saturated heterocycles. The van der Waals surface area contributed by atoms with E-state index in [-0.39, 0.29) is 13.2 Å². The minimum Gasteiger partial charge on any atom is -0.493 e. The topological polar surface area (TPSA) is 93.6 Å². The van der Waals surface area contributed by atoms with Crippen LogP contribution in [0, 0.1) is 0 Å².